The summed E-state index contributed by atoms with van der Waals surface area (Å²) in [5.74, 6) is -1.12. The van der Waals surface area contributed by atoms with Crippen LogP contribution in [0.15, 0.2) is 47.5 Å². The van der Waals surface area contributed by atoms with E-state index in [1.54, 1.807) is 24.3 Å². The van der Waals surface area contributed by atoms with Crippen LogP contribution in [0.2, 0.25) is 0 Å². The first-order valence-corrected chi connectivity index (χ1v) is 8.73. The molecule has 7 heteroatoms. The highest BCUT2D eigenvalue weighted by atomic mass is 32.2. The molecule has 1 N–H and O–H groups in total. The predicted molar refractivity (Wildman–Crippen MR) is 84.6 cm³/mol. The van der Waals surface area contributed by atoms with Crippen LogP contribution in [-0.2, 0) is 10.0 Å². The van der Waals surface area contributed by atoms with E-state index in [0.29, 0.717) is 24.2 Å². The van der Waals surface area contributed by atoms with Gasteiger partial charge in [0.15, 0.2) is 5.69 Å². The van der Waals surface area contributed by atoms with Gasteiger partial charge in [-0.1, -0.05) is 18.2 Å². The molecule has 1 aromatic carbocycles. The molecule has 0 atom stereocenters. The Morgan fingerprint density at radius 1 is 1.09 bits per heavy atom. The molecule has 1 saturated heterocycles. The number of aromatic carboxylic acids is 1. The van der Waals surface area contributed by atoms with Crippen molar-refractivity contribution in [2.45, 2.75) is 17.7 Å². The fourth-order valence-corrected chi connectivity index (χ4v) is 4.21. The summed E-state index contributed by atoms with van der Waals surface area (Å²) in [5, 5.41) is 9.19. The fourth-order valence-electron chi connectivity index (χ4n) is 2.69. The van der Waals surface area contributed by atoms with E-state index in [1.807, 2.05) is 0 Å². The Morgan fingerprint density at radius 3 is 2.35 bits per heavy atom. The lowest BCUT2D eigenvalue weighted by atomic mass is 10.0. The van der Waals surface area contributed by atoms with Gasteiger partial charge in [0, 0.05) is 24.8 Å². The lowest BCUT2D eigenvalue weighted by Crippen LogP contribution is -2.27. The standard InChI is InChI=1S/C16H16N2O4S/c19-16(20)15-14(4-3-9-17-15)12-5-7-13(8-6-12)23(21,22)18-10-1-2-11-18/h3-9H,1-2,10-11H2,(H,19,20). The molecule has 3 rings (SSSR count). The van der Waals surface area contributed by atoms with Crippen LogP contribution < -0.4 is 0 Å². The number of hydrogen-bond acceptors (Lipinski definition) is 4. The highest BCUT2D eigenvalue weighted by Crippen LogP contribution is 2.26. The van der Waals surface area contributed by atoms with Crippen molar-refractivity contribution in [1.82, 2.24) is 9.29 Å². The summed E-state index contributed by atoms with van der Waals surface area (Å²) in [5.41, 5.74) is 1.03. The zero-order valence-electron chi connectivity index (χ0n) is 12.3. The number of hydrogen-bond donors (Lipinski definition) is 1. The van der Waals surface area contributed by atoms with Gasteiger partial charge in [0.1, 0.15) is 0 Å². The number of sulfonamides is 1. The third-order valence-electron chi connectivity index (χ3n) is 3.88. The van der Waals surface area contributed by atoms with Gasteiger partial charge < -0.3 is 5.11 Å². The van der Waals surface area contributed by atoms with Gasteiger partial charge in [-0.3, -0.25) is 0 Å². The van der Waals surface area contributed by atoms with Crippen LogP contribution in [0.5, 0.6) is 0 Å². The summed E-state index contributed by atoms with van der Waals surface area (Å²) >= 11 is 0. The third kappa shape index (κ3) is 2.97. The summed E-state index contributed by atoms with van der Waals surface area (Å²) in [6, 6.07) is 9.57. The van der Waals surface area contributed by atoms with E-state index in [2.05, 4.69) is 4.98 Å². The van der Waals surface area contributed by atoms with Crippen LogP contribution in [-0.4, -0.2) is 41.9 Å². The van der Waals surface area contributed by atoms with E-state index in [-0.39, 0.29) is 10.6 Å². The third-order valence-corrected chi connectivity index (χ3v) is 5.79. The second-order valence-corrected chi connectivity index (χ2v) is 7.28. The number of aromatic nitrogens is 1. The quantitative estimate of drug-likeness (QED) is 0.927. The summed E-state index contributed by atoms with van der Waals surface area (Å²) in [6.07, 6.45) is 3.18. The summed E-state index contributed by atoms with van der Waals surface area (Å²) < 4.78 is 26.4. The Hall–Kier alpha value is -2.25. The molecular formula is C16H16N2O4S. The Labute approximate surface area is 134 Å². The van der Waals surface area contributed by atoms with Gasteiger partial charge in [0.25, 0.3) is 0 Å². The van der Waals surface area contributed by atoms with Gasteiger partial charge in [0.05, 0.1) is 4.90 Å². The minimum atomic E-state index is -3.46. The van der Waals surface area contributed by atoms with Crippen LogP contribution in [0.4, 0.5) is 0 Å². The molecule has 0 aliphatic carbocycles. The second kappa shape index (κ2) is 6.10. The zero-order chi connectivity index (χ0) is 16.4. The van der Waals surface area contributed by atoms with Gasteiger partial charge in [0.2, 0.25) is 10.0 Å². The minimum Gasteiger partial charge on any atom is -0.476 e. The first-order chi connectivity index (χ1) is 11.0. The molecule has 1 aliphatic heterocycles. The normalized spacial score (nSPS) is 15.7. The first-order valence-electron chi connectivity index (χ1n) is 7.29. The molecule has 2 aromatic rings. The van der Waals surface area contributed by atoms with Crippen molar-refractivity contribution in [2.75, 3.05) is 13.1 Å². The van der Waals surface area contributed by atoms with Crippen molar-refractivity contribution in [2.24, 2.45) is 0 Å². The summed E-state index contributed by atoms with van der Waals surface area (Å²) in [7, 11) is -3.46. The average Bonchev–Trinajstić information content (AvgIpc) is 3.10. The number of carbonyl (C=O) groups is 1. The van der Waals surface area contributed by atoms with Crippen molar-refractivity contribution in [1.29, 1.82) is 0 Å². The number of nitrogens with zero attached hydrogens (tertiary/aromatic N) is 2. The Morgan fingerprint density at radius 2 is 1.74 bits per heavy atom. The molecule has 0 saturated carbocycles. The molecule has 1 aliphatic rings. The molecular weight excluding hydrogens is 316 g/mol. The highest BCUT2D eigenvalue weighted by Gasteiger charge is 2.27. The van der Waals surface area contributed by atoms with Gasteiger partial charge in [-0.05, 0) is 36.6 Å². The maximum absolute atomic E-state index is 12.5. The number of benzene rings is 1. The van der Waals surface area contributed by atoms with Gasteiger partial charge >= 0.3 is 5.97 Å². The maximum atomic E-state index is 12.5. The van der Waals surface area contributed by atoms with E-state index in [9.17, 15) is 18.3 Å². The summed E-state index contributed by atoms with van der Waals surface area (Å²) in [6.45, 7) is 1.10. The van der Waals surface area contributed by atoms with E-state index in [0.717, 1.165) is 12.8 Å². The van der Waals surface area contributed by atoms with E-state index >= 15 is 0 Å². The van der Waals surface area contributed by atoms with Gasteiger partial charge in [-0.15, -0.1) is 0 Å². The number of rotatable bonds is 4. The SMILES string of the molecule is O=C(O)c1ncccc1-c1ccc(S(=O)(=O)N2CCCC2)cc1. The van der Waals surface area contributed by atoms with Crippen molar-refractivity contribution in [3.05, 3.63) is 48.3 Å². The molecule has 1 aromatic heterocycles. The maximum Gasteiger partial charge on any atom is 0.355 e. The molecule has 6 nitrogen and oxygen atoms in total. The molecule has 23 heavy (non-hydrogen) atoms. The largest absolute Gasteiger partial charge is 0.476 e. The Bertz CT molecular complexity index is 825. The average molecular weight is 332 g/mol. The predicted octanol–water partition coefficient (Wildman–Crippen LogP) is 2.23. The van der Waals surface area contributed by atoms with Crippen LogP contribution in [0.25, 0.3) is 11.1 Å². The molecule has 120 valence electrons. The highest BCUT2D eigenvalue weighted by molar-refractivity contribution is 7.89. The number of carboxylic acids is 1. The molecule has 2 heterocycles. The second-order valence-electron chi connectivity index (χ2n) is 5.34. The van der Waals surface area contributed by atoms with E-state index < -0.39 is 16.0 Å². The smallest absolute Gasteiger partial charge is 0.355 e. The van der Waals surface area contributed by atoms with Crippen LogP contribution in [0.1, 0.15) is 23.3 Å². The lowest BCUT2D eigenvalue weighted by Gasteiger charge is -2.15. The number of pyridine rings is 1. The van der Waals surface area contributed by atoms with Gasteiger partial charge in [-0.25, -0.2) is 18.2 Å². The summed E-state index contributed by atoms with van der Waals surface area (Å²) in [4.78, 5) is 15.3. The first kappa shape index (κ1) is 15.6. The van der Waals surface area contributed by atoms with Crippen molar-refractivity contribution in [3.8, 4) is 11.1 Å². The molecule has 0 bridgehead atoms. The van der Waals surface area contributed by atoms with Crippen molar-refractivity contribution >= 4 is 16.0 Å². The molecule has 0 amide bonds. The molecule has 1 fully saturated rings. The van der Waals surface area contributed by atoms with Crippen LogP contribution >= 0.6 is 0 Å². The molecule has 0 radical (unpaired) electrons. The monoisotopic (exact) mass is 332 g/mol. The van der Waals surface area contributed by atoms with Crippen molar-refractivity contribution < 1.29 is 18.3 Å². The fraction of sp³-hybridized carbons (Fsp3) is 0.250. The Balaban J connectivity index is 1.96. The molecule has 0 unspecified atom stereocenters. The zero-order valence-corrected chi connectivity index (χ0v) is 13.2. The molecule has 0 spiro atoms. The van der Waals surface area contributed by atoms with Crippen LogP contribution in [0.3, 0.4) is 0 Å². The van der Waals surface area contributed by atoms with E-state index in [1.165, 1.54) is 22.6 Å². The number of carboxylic acid groups (broad SMARTS) is 1. The minimum absolute atomic E-state index is 0.0531. The van der Waals surface area contributed by atoms with Crippen molar-refractivity contribution in [3.63, 3.8) is 0 Å². The lowest BCUT2D eigenvalue weighted by molar-refractivity contribution is 0.0691. The topological polar surface area (TPSA) is 87.6 Å². The van der Waals surface area contributed by atoms with Crippen LogP contribution in [0, 0.1) is 0 Å². The Kier molecular flexibility index (Phi) is 4.14. The van der Waals surface area contributed by atoms with E-state index in [4.69, 9.17) is 0 Å². The van der Waals surface area contributed by atoms with Gasteiger partial charge in [-0.2, -0.15) is 4.31 Å².